The van der Waals surface area contributed by atoms with E-state index < -0.39 is 0 Å². The zero-order valence-electron chi connectivity index (χ0n) is 30.1. The van der Waals surface area contributed by atoms with Crippen molar-refractivity contribution in [2.24, 2.45) is 0 Å². The van der Waals surface area contributed by atoms with Crippen molar-refractivity contribution in [2.75, 3.05) is 4.90 Å². The van der Waals surface area contributed by atoms with Gasteiger partial charge in [0.1, 0.15) is 11.2 Å². The number of rotatable bonds is 6. The average molecular weight is 702 g/mol. The molecule has 0 unspecified atom stereocenters. The number of anilines is 3. The summed E-state index contributed by atoms with van der Waals surface area (Å²) >= 11 is 0. The lowest BCUT2D eigenvalue weighted by Gasteiger charge is -2.26. The van der Waals surface area contributed by atoms with Crippen LogP contribution < -0.4 is 4.90 Å². The van der Waals surface area contributed by atoms with Gasteiger partial charge in [0, 0.05) is 33.2 Å². The summed E-state index contributed by atoms with van der Waals surface area (Å²) in [5, 5.41) is 4.61. The van der Waals surface area contributed by atoms with Crippen LogP contribution in [0.5, 0.6) is 0 Å². The van der Waals surface area contributed by atoms with Gasteiger partial charge in [0.05, 0.1) is 0 Å². The van der Waals surface area contributed by atoms with E-state index in [1.807, 2.05) is 0 Å². The second-order valence-electron chi connectivity index (χ2n) is 14.5. The minimum Gasteiger partial charge on any atom is -0.455 e. The Bertz CT molecular complexity index is 3030. The molecule has 1 aromatic heterocycles. The normalized spacial score (nSPS) is 11.9. The molecular weight excluding hydrogens is 667 g/mol. The third kappa shape index (κ3) is 5.34. The lowest BCUT2D eigenvalue weighted by molar-refractivity contribution is 0.673. The largest absolute Gasteiger partial charge is 0.455 e. The Labute approximate surface area is 320 Å². The monoisotopic (exact) mass is 701 g/mol. The van der Waals surface area contributed by atoms with Gasteiger partial charge in [-0.15, -0.1) is 0 Å². The first-order valence-electron chi connectivity index (χ1n) is 19.0. The van der Waals surface area contributed by atoms with Crippen LogP contribution in [0, 0.1) is 0 Å². The second kappa shape index (κ2) is 12.8. The maximum absolute atomic E-state index is 6.64. The van der Waals surface area contributed by atoms with E-state index in [-0.39, 0.29) is 0 Å². The molecule has 0 saturated carbocycles. The first kappa shape index (κ1) is 31.4. The van der Waals surface area contributed by atoms with E-state index in [9.17, 15) is 0 Å². The van der Waals surface area contributed by atoms with E-state index in [0.29, 0.717) is 0 Å². The highest BCUT2D eigenvalue weighted by Crippen LogP contribution is 2.44. The van der Waals surface area contributed by atoms with Crippen LogP contribution in [0.15, 0.2) is 205 Å². The molecule has 0 aliphatic heterocycles. The predicted octanol–water partition coefficient (Wildman–Crippen LogP) is 14.8. The standard InChI is InChI=1S/C53H35NO/c1-3-11-35(12-4-1)36-19-25-43(26-20-36)54(42-14-5-2-6-15-42)44-27-21-37(22-28-44)38-24-30-52-50(33-38)51-34-49(47-17-9-10-18-48(47)53(51)55-52)40-23-29-46-41(32-40)31-39-13-7-8-16-45(39)46/h1-30,32-34H,31H2. The van der Waals surface area contributed by atoms with E-state index in [2.05, 4.69) is 205 Å². The van der Waals surface area contributed by atoms with Crippen molar-refractivity contribution in [3.05, 3.63) is 211 Å². The van der Waals surface area contributed by atoms with Crippen molar-refractivity contribution in [3.63, 3.8) is 0 Å². The quantitative estimate of drug-likeness (QED) is 0.172. The molecule has 0 saturated heterocycles. The minimum atomic E-state index is 0.899. The van der Waals surface area contributed by atoms with Gasteiger partial charge in [0.25, 0.3) is 0 Å². The molecule has 9 aromatic carbocycles. The van der Waals surface area contributed by atoms with Gasteiger partial charge in [-0.2, -0.15) is 0 Å². The highest BCUT2D eigenvalue weighted by atomic mass is 16.3. The molecule has 55 heavy (non-hydrogen) atoms. The Balaban J connectivity index is 0.979. The minimum absolute atomic E-state index is 0.899. The molecule has 0 bridgehead atoms. The summed E-state index contributed by atoms with van der Waals surface area (Å²) in [7, 11) is 0. The van der Waals surface area contributed by atoms with Crippen molar-refractivity contribution < 1.29 is 4.42 Å². The Morgan fingerprint density at radius 3 is 1.65 bits per heavy atom. The van der Waals surface area contributed by atoms with E-state index >= 15 is 0 Å². The Hall–Kier alpha value is -7.16. The van der Waals surface area contributed by atoms with E-state index in [1.165, 1.54) is 49.9 Å². The zero-order valence-corrected chi connectivity index (χ0v) is 30.1. The summed E-state index contributed by atoms with van der Waals surface area (Å²) in [5.41, 5.74) is 17.9. The van der Waals surface area contributed by atoms with Crippen LogP contribution in [0.25, 0.3) is 77.2 Å². The molecular formula is C53H35NO. The van der Waals surface area contributed by atoms with Crippen molar-refractivity contribution in [3.8, 4) is 44.5 Å². The summed E-state index contributed by atoms with van der Waals surface area (Å²) in [4.78, 5) is 2.32. The topological polar surface area (TPSA) is 16.4 Å². The van der Waals surface area contributed by atoms with Crippen LogP contribution in [-0.4, -0.2) is 0 Å². The van der Waals surface area contributed by atoms with Crippen LogP contribution in [0.3, 0.4) is 0 Å². The van der Waals surface area contributed by atoms with Crippen LogP contribution in [0.4, 0.5) is 17.1 Å². The predicted molar refractivity (Wildman–Crippen MR) is 230 cm³/mol. The Morgan fingerprint density at radius 2 is 0.891 bits per heavy atom. The zero-order chi connectivity index (χ0) is 36.3. The van der Waals surface area contributed by atoms with Crippen LogP contribution >= 0.6 is 0 Å². The molecule has 1 heterocycles. The molecule has 0 amide bonds. The fourth-order valence-corrected chi connectivity index (χ4v) is 8.59. The molecule has 2 heteroatoms. The number of nitrogens with zero attached hydrogens (tertiary/aromatic N) is 1. The smallest absolute Gasteiger partial charge is 0.143 e. The van der Waals surface area contributed by atoms with E-state index in [0.717, 1.165) is 61.9 Å². The third-order valence-electron chi connectivity index (χ3n) is 11.3. The SMILES string of the molecule is c1ccc(-c2ccc(N(c3ccccc3)c3ccc(-c4ccc5oc6c7ccccc7c(-c7ccc8c(c7)Cc7ccccc7-8)cc6c5c4)cc3)cc2)cc1. The van der Waals surface area contributed by atoms with Crippen LogP contribution in [0.2, 0.25) is 0 Å². The van der Waals surface area contributed by atoms with Crippen molar-refractivity contribution in [2.45, 2.75) is 6.42 Å². The van der Waals surface area contributed by atoms with E-state index in [1.54, 1.807) is 0 Å². The molecule has 0 N–H and O–H groups in total. The van der Waals surface area contributed by atoms with Crippen molar-refractivity contribution in [1.82, 2.24) is 0 Å². The third-order valence-corrected chi connectivity index (χ3v) is 11.3. The molecule has 0 spiro atoms. The van der Waals surface area contributed by atoms with Crippen LogP contribution in [-0.2, 0) is 6.42 Å². The lowest BCUT2D eigenvalue weighted by atomic mass is 9.93. The number of fused-ring (bicyclic) bond motifs is 8. The van der Waals surface area contributed by atoms with Gasteiger partial charge < -0.3 is 9.32 Å². The molecule has 1 aliphatic carbocycles. The van der Waals surface area contributed by atoms with Gasteiger partial charge in [0.15, 0.2) is 0 Å². The number of hydrogen-bond donors (Lipinski definition) is 0. The van der Waals surface area contributed by atoms with Gasteiger partial charge >= 0.3 is 0 Å². The number of furan rings is 1. The van der Waals surface area contributed by atoms with Crippen molar-refractivity contribution in [1.29, 1.82) is 0 Å². The van der Waals surface area contributed by atoms with E-state index in [4.69, 9.17) is 4.42 Å². The highest BCUT2D eigenvalue weighted by Gasteiger charge is 2.21. The fraction of sp³-hybridized carbons (Fsp3) is 0.0189. The van der Waals surface area contributed by atoms with Gasteiger partial charge in [0.2, 0.25) is 0 Å². The first-order chi connectivity index (χ1) is 27.2. The summed E-state index contributed by atoms with van der Waals surface area (Å²) in [6, 6.07) is 72.3. The van der Waals surface area contributed by atoms with Crippen molar-refractivity contribution >= 4 is 49.8 Å². The molecule has 11 rings (SSSR count). The van der Waals surface area contributed by atoms with Gasteiger partial charge in [-0.25, -0.2) is 0 Å². The molecule has 0 atom stereocenters. The molecule has 258 valence electrons. The average Bonchev–Trinajstić information content (AvgIpc) is 3.82. The molecule has 0 fully saturated rings. The summed E-state index contributed by atoms with van der Waals surface area (Å²) in [5.74, 6) is 0. The second-order valence-corrected chi connectivity index (χ2v) is 14.5. The summed E-state index contributed by atoms with van der Waals surface area (Å²) in [6.07, 6.45) is 0.972. The van der Waals surface area contributed by atoms with Crippen LogP contribution in [0.1, 0.15) is 11.1 Å². The molecule has 1 aliphatic rings. The maximum Gasteiger partial charge on any atom is 0.143 e. The highest BCUT2D eigenvalue weighted by molar-refractivity contribution is 6.19. The number of hydrogen-bond acceptors (Lipinski definition) is 2. The number of para-hydroxylation sites is 1. The number of benzene rings is 9. The Morgan fingerprint density at radius 1 is 0.327 bits per heavy atom. The fourth-order valence-electron chi connectivity index (χ4n) is 8.59. The molecule has 2 nitrogen and oxygen atoms in total. The summed E-state index contributed by atoms with van der Waals surface area (Å²) < 4.78 is 6.64. The molecule has 0 radical (unpaired) electrons. The van der Waals surface area contributed by atoms with Gasteiger partial charge in [-0.05, 0) is 122 Å². The molecule has 10 aromatic rings. The van der Waals surface area contributed by atoms with Gasteiger partial charge in [-0.3, -0.25) is 0 Å². The maximum atomic E-state index is 6.64. The lowest BCUT2D eigenvalue weighted by Crippen LogP contribution is -2.09. The summed E-state index contributed by atoms with van der Waals surface area (Å²) in [6.45, 7) is 0. The van der Waals surface area contributed by atoms with Gasteiger partial charge in [-0.1, -0.05) is 146 Å². The first-order valence-corrected chi connectivity index (χ1v) is 19.0. The Kier molecular flexibility index (Phi) is 7.28.